The van der Waals surface area contributed by atoms with Crippen LogP contribution in [0.5, 0.6) is 0 Å². The average Bonchev–Trinajstić information content (AvgIpc) is 2.88. The molecule has 76 valence electrons. The normalized spacial score (nSPS) is 39.8. The lowest BCUT2D eigenvalue weighted by molar-refractivity contribution is 0.117. The minimum Gasteiger partial charge on any atom is -0.390 e. The Hall–Kier alpha value is -0.860. The van der Waals surface area contributed by atoms with Gasteiger partial charge >= 0.3 is 0 Å². The highest BCUT2D eigenvalue weighted by molar-refractivity contribution is 5.24. The first-order valence-corrected chi connectivity index (χ1v) is 4.72. The third-order valence-corrected chi connectivity index (χ3v) is 2.54. The maximum absolute atomic E-state index is 9.72. The van der Waals surface area contributed by atoms with Crippen molar-refractivity contribution in [3.05, 3.63) is 29.5 Å². The lowest BCUT2D eigenvalue weighted by Crippen LogP contribution is -2.32. The standard InChI is InChI=1S/C11H14O3/c1-6(2)3-4-7-5-8(12)10-11(14-10)9(7)13/h3,8-13H,1,5H2,2H3/t4?,8-,9+,10?,11?/m1/s1. The van der Waals surface area contributed by atoms with Crippen molar-refractivity contribution in [3.63, 3.8) is 0 Å². The Morgan fingerprint density at radius 2 is 2.29 bits per heavy atom. The van der Waals surface area contributed by atoms with Crippen LogP contribution in [0.1, 0.15) is 13.3 Å². The highest BCUT2D eigenvalue weighted by atomic mass is 16.6. The molecule has 0 radical (unpaired) electrons. The summed E-state index contributed by atoms with van der Waals surface area (Å²) in [5, 5.41) is 19.3. The molecule has 14 heavy (non-hydrogen) atoms. The van der Waals surface area contributed by atoms with E-state index in [9.17, 15) is 10.2 Å². The molecule has 1 aliphatic heterocycles. The number of ether oxygens (including phenoxy) is 1. The maximum Gasteiger partial charge on any atom is 0.117 e. The van der Waals surface area contributed by atoms with Gasteiger partial charge in [0.15, 0.2) is 0 Å². The summed E-state index contributed by atoms with van der Waals surface area (Å²) in [5.74, 6) is 0. The van der Waals surface area contributed by atoms with Crippen molar-refractivity contribution in [2.45, 2.75) is 37.8 Å². The lowest BCUT2D eigenvalue weighted by Gasteiger charge is -2.19. The Bertz CT molecular complexity index is 325. The first kappa shape index (κ1) is 9.69. The molecular formula is C11H14O3. The first-order chi connectivity index (χ1) is 6.59. The third-order valence-electron chi connectivity index (χ3n) is 2.54. The van der Waals surface area contributed by atoms with Gasteiger partial charge in [-0.3, -0.25) is 0 Å². The molecule has 0 amide bonds. The monoisotopic (exact) mass is 194 g/mol. The van der Waals surface area contributed by atoms with E-state index in [4.69, 9.17) is 4.74 Å². The molecule has 3 heteroatoms. The zero-order valence-electron chi connectivity index (χ0n) is 8.10. The van der Waals surface area contributed by atoms with Crippen molar-refractivity contribution >= 4 is 0 Å². The lowest BCUT2D eigenvalue weighted by atomic mass is 9.90. The van der Waals surface area contributed by atoms with Gasteiger partial charge in [-0.15, -0.1) is 5.73 Å². The number of allylic oxidation sites excluding steroid dienone is 1. The minimum absolute atomic E-state index is 0.166. The summed E-state index contributed by atoms with van der Waals surface area (Å²) in [4.78, 5) is 0. The Balaban J connectivity index is 2.19. The summed E-state index contributed by atoms with van der Waals surface area (Å²) in [6.07, 6.45) is 0.656. The summed E-state index contributed by atoms with van der Waals surface area (Å²) < 4.78 is 5.14. The molecule has 2 unspecified atom stereocenters. The molecule has 2 N–H and O–H groups in total. The molecule has 0 spiro atoms. The number of aliphatic hydroxyl groups is 2. The van der Waals surface area contributed by atoms with Gasteiger partial charge in [0.1, 0.15) is 18.3 Å². The molecule has 0 aromatic rings. The van der Waals surface area contributed by atoms with E-state index >= 15 is 0 Å². The molecule has 0 bridgehead atoms. The maximum atomic E-state index is 9.72. The molecule has 0 aromatic carbocycles. The summed E-state index contributed by atoms with van der Waals surface area (Å²) >= 11 is 0. The van der Waals surface area contributed by atoms with E-state index in [1.807, 2.05) is 6.92 Å². The van der Waals surface area contributed by atoms with Gasteiger partial charge in [0.25, 0.3) is 0 Å². The quantitative estimate of drug-likeness (QED) is 0.364. The second-order valence-corrected chi connectivity index (χ2v) is 3.94. The number of rotatable bonds is 1. The Morgan fingerprint density at radius 1 is 1.57 bits per heavy atom. The Kier molecular flexibility index (Phi) is 2.33. The zero-order valence-corrected chi connectivity index (χ0v) is 8.10. The molecule has 1 saturated carbocycles. The molecule has 2 fully saturated rings. The highest BCUT2D eigenvalue weighted by Crippen LogP contribution is 2.39. The summed E-state index contributed by atoms with van der Waals surface area (Å²) in [6, 6.07) is 0. The van der Waals surface area contributed by atoms with Gasteiger partial charge in [-0.1, -0.05) is 12.2 Å². The van der Waals surface area contributed by atoms with E-state index in [0.717, 1.165) is 5.57 Å². The van der Waals surface area contributed by atoms with Crippen molar-refractivity contribution in [2.24, 2.45) is 0 Å². The number of hydrogen-bond acceptors (Lipinski definition) is 3. The van der Waals surface area contributed by atoms with Crippen LogP contribution in [0.25, 0.3) is 0 Å². The van der Waals surface area contributed by atoms with Crippen molar-refractivity contribution in [3.8, 4) is 0 Å². The smallest absolute Gasteiger partial charge is 0.117 e. The predicted molar refractivity (Wildman–Crippen MR) is 51.7 cm³/mol. The van der Waals surface area contributed by atoms with E-state index in [0.29, 0.717) is 12.0 Å². The van der Waals surface area contributed by atoms with Crippen LogP contribution in [0.2, 0.25) is 0 Å². The number of fused-ring (bicyclic) bond motifs is 1. The number of aliphatic hydroxyl groups excluding tert-OH is 2. The number of epoxide rings is 1. The van der Waals surface area contributed by atoms with Crippen LogP contribution in [0, 0.1) is 0 Å². The molecule has 4 atom stereocenters. The number of hydrogen-bond donors (Lipinski definition) is 2. The van der Waals surface area contributed by atoms with E-state index in [1.54, 1.807) is 6.08 Å². The van der Waals surface area contributed by atoms with Crippen LogP contribution in [0.3, 0.4) is 0 Å². The van der Waals surface area contributed by atoms with Crippen molar-refractivity contribution in [1.82, 2.24) is 0 Å². The van der Waals surface area contributed by atoms with Gasteiger partial charge in [0.2, 0.25) is 0 Å². The van der Waals surface area contributed by atoms with Crippen molar-refractivity contribution < 1.29 is 14.9 Å². The van der Waals surface area contributed by atoms with Gasteiger partial charge < -0.3 is 14.9 Å². The molecule has 0 aromatic heterocycles. The Labute approximate surface area is 83.0 Å². The van der Waals surface area contributed by atoms with Crippen LogP contribution in [-0.4, -0.2) is 34.6 Å². The Morgan fingerprint density at radius 3 is 2.93 bits per heavy atom. The van der Waals surface area contributed by atoms with E-state index < -0.39 is 12.2 Å². The van der Waals surface area contributed by atoms with Crippen molar-refractivity contribution in [1.29, 1.82) is 0 Å². The summed E-state index contributed by atoms with van der Waals surface area (Å²) in [6.45, 7) is 5.56. The average molecular weight is 194 g/mol. The van der Waals surface area contributed by atoms with Crippen LogP contribution >= 0.6 is 0 Å². The van der Waals surface area contributed by atoms with Gasteiger partial charge in [-0.25, -0.2) is 0 Å². The van der Waals surface area contributed by atoms with Gasteiger partial charge in [-0.05, 0) is 13.0 Å². The van der Waals surface area contributed by atoms with Crippen LogP contribution in [-0.2, 0) is 4.74 Å². The van der Waals surface area contributed by atoms with Gasteiger partial charge in [-0.2, -0.15) is 0 Å². The van der Waals surface area contributed by atoms with Gasteiger partial charge in [0, 0.05) is 12.0 Å². The van der Waals surface area contributed by atoms with Crippen LogP contribution in [0.4, 0.5) is 0 Å². The van der Waals surface area contributed by atoms with E-state index in [1.165, 1.54) is 0 Å². The largest absolute Gasteiger partial charge is 0.390 e. The minimum atomic E-state index is -0.612. The highest BCUT2D eigenvalue weighted by Gasteiger charge is 2.54. The van der Waals surface area contributed by atoms with Crippen LogP contribution < -0.4 is 0 Å². The topological polar surface area (TPSA) is 53.0 Å². The second-order valence-electron chi connectivity index (χ2n) is 3.94. The van der Waals surface area contributed by atoms with E-state index in [-0.39, 0.29) is 12.2 Å². The third kappa shape index (κ3) is 1.68. The molecule has 1 aliphatic carbocycles. The molecule has 3 nitrogen and oxygen atoms in total. The summed E-state index contributed by atoms with van der Waals surface area (Å²) in [5.41, 5.74) is 4.54. The molecule has 1 saturated heterocycles. The fourth-order valence-corrected chi connectivity index (χ4v) is 1.72. The van der Waals surface area contributed by atoms with Gasteiger partial charge in [0.05, 0.1) is 6.10 Å². The molecule has 2 aliphatic rings. The SMILES string of the molecule is C=C(C)C=C=C1C[C@@H](O)C2OC2[C@H]1O. The van der Waals surface area contributed by atoms with Crippen LogP contribution in [0.15, 0.2) is 29.5 Å². The van der Waals surface area contributed by atoms with E-state index in [2.05, 4.69) is 12.3 Å². The fourth-order valence-electron chi connectivity index (χ4n) is 1.72. The zero-order chi connectivity index (χ0) is 10.3. The fraction of sp³-hybridized carbons (Fsp3) is 0.545. The summed E-state index contributed by atoms with van der Waals surface area (Å²) in [7, 11) is 0. The molecular weight excluding hydrogens is 180 g/mol. The first-order valence-electron chi connectivity index (χ1n) is 4.72. The molecule has 1 heterocycles. The predicted octanol–water partition coefficient (Wildman–Crippen LogP) is 0.537. The molecule has 2 rings (SSSR count). The second kappa shape index (κ2) is 3.37. The van der Waals surface area contributed by atoms with Crippen molar-refractivity contribution in [2.75, 3.05) is 0 Å².